The number of imidazole rings is 1. The van der Waals surface area contributed by atoms with Gasteiger partial charge in [-0.15, -0.1) is 0 Å². The number of methoxy groups -OCH3 is 1. The van der Waals surface area contributed by atoms with Gasteiger partial charge < -0.3 is 15.0 Å². The fourth-order valence-corrected chi connectivity index (χ4v) is 3.39. The smallest absolute Gasteiger partial charge is 0.255 e. The quantitative estimate of drug-likeness (QED) is 0.626. The number of rotatable bonds is 7. The number of para-hydroxylation sites is 2. The third-order valence-corrected chi connectivity index (χ3v) is 4.94. The molecule has 0 fully saturated rings. The summed E-state index contributed by atoms with van der Waals surface area (Å²) in [5.74, 6) is 1.89. The molecule has 0 saturated carbocycles. The van der Waals surface area contributed by atoms with Gasteiger partial charge in [0.05, 0.1) is 29.7 Å². The molecule has 1 unspecified atom stereocenters. The average Bonchev–Trinajstić information content (AvgIpc) is 3.09. The zero-order valence-corrected chi connectivity index (χ0v) is 16.2. The Kier molecular flexibility index (Phi) is 6.06. The average molecular weight is 390 g/mol. The van der Waals surface area contributed by atoms with E-state index in [1.165, 1.54) is 7.11 Å². The minimum absolute atomic E-state index is 0.231. The van der Waals surface area contributed by atoms with Crippen molar-refractivity contribution in [3.63, 3.8) is 0 Å². The van der Waals surface area contributed by atoms with Gasteiger partial charge in [-0.1, -0.05) is 23.7 Å². The number of hydrogen-bond donors (Lipinski definition) is 2. The maximum Gasteiger partial charge on any atom is 0.255 e. The minimum Gasteiger partial charge on any atom is -0.496 e. The fourth-order valence-electron chi connectivity index (χ4n) is 2.74. The SMILES string of the molecule is COc1ccc(Cl)cc1C(=O)NC(CCSC)c1nc2ccccc2[nH]1. The molecule has 0 aliphatic rings. The molecule has 1 heterocycles. The third-order valence-electron chi connectivity index (χ3n) is 4.06. The number of nitrogens with zero attached hydrogens (tertiary/aromatic N) is 1. The van der Waals surface area contributed by atoms with E-state index in [4.69, 9.17) is 16.3 Å². The molecule has 26 heavy (non-hydrogen) atoms. The molecule has 0 bridgehead atoms. The van der Waals surface area contributed by atoms with Crippen LogP contribution in [0.5, 0.6) is 5.75 Å². The monoisotopic (exact) mass is 389 g/mol. The topological polar surface area (TPSA) is 67.0 Å². The summed E-state index contributed by atoms with van der Waals surface area (Å²) in [6, 6.07) is 12.6. The first-order chi connectivity index (χ1) is 12.6. The highest BCUT2D eigenvalue weighted by Gasteiger charge is 2.21. The fraction of sp³-hybridized carbons (Fsp3) is 0.263. The van der Waals surface area contributed by atoms with Crippen molar-refractivity contribution in [3.05, 3.63) is 58.9 Å². The lowest BCUT2D eigenvalue weighted by molar-refractivity contribution is 0.0931. The number of halogens is 1. The standard InChI is InChI=1S/C19H20ClN3O2S/c1-25-17-8-7-12(20)11-13(17)19(24)23-16(9-10-26-2)18-21-14-5-3-4-6-15(14)22-18/h3-8,11,16H,9-10H2,1-2H3,(H,21,22)(H,23,24). The van der Waals surface area contributed by atoms with Crippen LogP contribution in [0.3, 0.4) is 0 Å². The van der Waals surface area contributed by atoms with Gasteiger partial charge in [-0.25, -0.2) is 4.98 Å². The first-order valence-corrected chi connectivity index (χ1v) is 9.97. The van der Waals surface area contributed by atoms with E-state index in [0.717, 1.165) is 29.0 Å². The first kappa shape index (κ1) is 18.6. The Bertz CT molecular complexity index is 880. The van der Waals surface area contributed by atoms with Gasteiger partial charge in [0, 0.05) is 5.02 Å². The zero-order chi connectivity index (χ0) is 18.5. The highest BCUT2D eigenvalue weighted by molar-refractivity contribution is 7.98. The molecule has 0 aliphatic carbocycles. The Morgan fingerprint density at radius 2 is 2.15 bits per heavy atom. The van der Waals surface area contributed by atoms with E-state index in [1.807, 2.05) is 30.5 Å². The molecule has 1 aromatic heterocycles. The van der Waals surface area contributed by atoms with E-state index in [9.17, 15) is 4.79 Å². The summed E-state index contributed by atoms with van der Waals surface area (Å²) in [6.07, 6.45) is 2.80. The van der Waals surface area contributed by atoms with E-state index < -0.39 is 0 Å². The molecule has 1 amide bonds. The summed E-state index contributed by atoms with van der Waals surface area (Å²) in [4.78, 5) is 20.8. The summed E-state index contributed by atoms with van der Waals surface area (Å²) in [6.45, 7) is 0. The van der Waals surface area contributed by atoms with Crippen molar-refractivity contribution < 1.29 is 9.53 Å². The van der Waals surface area contributed by atoms with Gasteiger partial charge in [-0.2, -0.15) is 11.8 Å². The Morgan fingerprint density at radius 1 is 1.35 bits per heavy atom. The number of nitrogens with one attached hydrogen (secondary N) is 2. The van der Waals surface area contributed by atoms with E-state index in [2.05, 4.69) is 15.3 Å². The van der Waals surface area contributed by atoms with Crippen LogP contribution in [0.1, 0.15) is 28.6 Å². The number of benzene rings is 2. The molecule has 2 aromatic carbocycles. The Hall–Kier alpha value is -2.18. The molecule has 0 aliphatic heterocycles. The summed E-state index contributed by atoms with van der Waals surface area (Å²) in [5.41, 5.74) is 2.24. The zero-order valence-electron chi connectivity index (χ0n) is 14.6. The van der Waals surface area contributed by atoms with Crippen LogP contribution in [0.2, 0.25) is 5.02 Å². The van der Waals surface area contributed by atoms with Crippen LogP contribution in [0.25, 0.3) is 11.0 Å². The third kappa shape index (κ3) is 4.14. The second kappa shape index (κ2) is 8.47. The Balaban J connectivity index is 1.88. The van der Waals surface area contributed by atoms with Crippen molar-refractivity contribution in [2.75, 3.05) is 19.1 Å². The van der Waals surface area contributed by atoms with Crippen molar-refractivity contribution >= 4 is 40.3 Å². The van der Waals surface area contributed by atoms with Crippen LogP contribution in [-0.4, -0.2) is 35.0 Å². The van der Waals surface area contributed by atoms with Crippen LogP contribution >= 0.6 is 23.4 Å². The van der Waals surface area contributed by atoms with Crippen molar-refractivity contribution in [1.29, 1.82) is 0 Å². The molecule has 1 atom stereocenters. The molecule has 3 rings (SSSR count). The molecule has 0 spiro atoms. The number of ether oxygens (including phenoxy) is 1. The highest BCUT2D eigenvalue weighted by atomic mass is 35.5. The minimum atomic E-state index is -0.240. The van der Waals surface area contributed by atoms with E-state index in [0.29, 0.717) is 16.3 Å². The number of H-pyrrole nitrogens is 1. The van der Waals surface area contributed by atoms with Gasteiger partial charge >= 0.3 is 0 Å². The molecule has 5 nitrogen and oxygen atoms in total. The van der Waals surface area contributed by atoms with Crippen molar-refractivity contribution in [3.8, 4) is 5.75 Å². The molecule has 0 radical (unpaired) electrons. The van der Waals surface area contributed by atoms with Gasteiger partial charge in [0.1, 0.15) is 11.6 Å². The maximum absolute atomic E-state index is 12.8. The van der Waals surface area contributed by atoms with Crippen LogP contribution < -0.4 is 10.1 Å². The summed E-state index contributed by atoms with van der Waals surface area (Å²) in [5, 5.41) is 3.55. The Labute approximate surface area is 161 Å². The van der Waals surface area contributed by atoms with Gasteiger partial charge in [0.2, 0.25) is 0 Å². The molecule has 7 heteroatoms. The maximum atomic E-state index is 12.8. The number of thioether (sulfide) groups is 1. The number of carbonyl (C=O) groups is 1. The number of aromatic nitrogens is 2. The molecule has 0 saturated heterocycles. The number of hydrogen-bond acceptors (Lipinski definition) is 4. The molecule has 136 valence electrons. The van der Waals surface area contributed by atoms with Crippen molar-refractivity contribution in [1.82, 2.24) is 15.3 Å². The first-order valence-electron chi connectivity index (χ1n) is 8.20. The van der Waals surface area contributed by atoms with Gasteiger partial charge in [0.15, 0.2) is 0 Å². The number of aromatic amines is 1. The van der Waals surface area contributed by atoms with Gasteiger partial charge in [0.25, 0.3) is 5.91 Å². The van der Waals surface area contributed by atoms with Crippen LogP contribution in [0.4, 0.5) is 0 Å². The largest absolute Gasteiger partial charge is 0.496 e. The van der Waals surface area contributed by atoms with E-state index >= 15 is 0 Å². The lowest BCUT2D eigenvalue weighted by atomic mass is 10.1. The predicted octanol–water partition coefficient (Wildman–Crippen LogP) is 4.45. The van der Waals surface area contributed by atoms with Crippen LogP contribution in [0, 0.1) is 0 Å². The van der Waals surface area contributed by atoms with Gasteiger partial charge in [-0.3, -0.25) is 4.79 Å². The summed E-state index contributed by atoms with van der Waals surface area (Å²) < 4.78 is 5.29. The van der Waals surface area contributed by atoms with Crippen LogP contribution in [0.15, 0.2) is 42.5 Å². The predicted molar refractivity (Wildman–Crippen MR) is 107 cm³/mol. The Morgan fingerprint density at radius 3 is 2.88 bits per heavy atom. The summed E-state index contributed by atoms with van der Waals surface area (Å²) >= 11 is 7.78. The second-order valence-electron chi connectivity index (χ2n) is 5.79. The van der Waals surface area contributed by atoms with Crippen molar-refractivity contribution in [2.24, 2.45) is 0 Å². The van der Waals surface area contributed by atoms with Gasteiger partial charge in [-0.05, 0) is 48.8 Å². The lowest BCUT2D eigenvalue weighted by Crippen LogP contribution is -2.30. The second-order valence-corrected chi connectivity index (χ2v) is 7.21. The molecular weight excluding hydrogens is 370 g/mol. The normalized spacial score (nSPS) is 12.1. The highest BCUT2D eigenvalue weighted by Crippen LogP contribution is 2.25. The lowest BCUT2D eigenvalue weighted by Gasteiger charge is -2.17. The summed E-state index contributed by atoms with van der Waals surface area (Å²) in [7, 11) is 1.53. The van der Waals surface area contributed by atoms with E-state index in [-0.39, 0.29) is 11.9 Å². The van der Waals surface area contributed by atoms with Crippen molar-refractivity contribution in [2.45, 2.75) is 12.5 Å². The molecular formula is C19H20ClN3O2S. The molecule has 3 aromatic rings. The number of fused-ring (bicyclic) bond motifs is 1. The van der Waals surface area contributed by atoms with Crippen LogP contribution in [-0.2, 0) is 0 Å². The number of carbonyl (C=O) groups excluding carboxylic acids is 1. The number of amides is 1. The van der Waals surface area contributed by atoms with E-state index in [1.54, 1.807) is 30.0 Å². The molecule has 2 N–H and O–H groups in total.